The average molecular weight is 176 g/mol. The van der Waals surface area contributed by atoms with Gasteiger partial charge in [-0.2, -0.15) is 0 Å². The number of amidine groups is 1. The highest BCUT2D eigenvalue weighted by molar-refractivity contribution is 5.84. The zero-order valence-corrected chi connectivity index (χ0v) is 7.95. The molecule has 2 rings (SSSR count). The van der Waals surface area contributed by atoms with Crippen LogP contribution in [0.4, 0.5) is 0 Å². The van der Waals surface area contributed by atoms with Crippen molar-refractivity contribution in [2.24, 2.45) is 4.99 Å². The Morgan fingerprint density at radius 3 is 2.77 bits per heavy atom. The van der Waals surface area contributed by atoms with E-state index in [1.807, 2.05) is 12.3 Å². The van der Waals surface area contributed by atoms with Gasteiger partial charge in [-0.15, -0.1) is 0 Å². The van der Waals surface area contributed by atoms with E-state index >= 15 is 0 Å². The monoisotopic (exact) mass is 176 g/mol. The van der Waals surface area contributed by atoms with Gasteiger partial charge in [0, 0.05) is 25.7 Å². The zero-order valence-electron chi connectivity index (χ0n) is 7.95. The van der Waals surface area contributed by atoms with Crippen molar-refractivity contribution in [1.82, 2.24) is 4.90 Å². The van der Waals surface area contributed by atoms with E-state index in [1.165, 1.54) is 38.2 Å². The fourth-order valence-corrected chi connectivity index (χ4v) is 1.85. The molecule has 0 amide bonds. The largest absolute Gasteiger partial charge is 0.360 e. The fourth-order valence-electron chi connectivity index (χ4n) is 1.85. The molecule has 0 aromatic heterocycles. The summed E-state index contributed by atoms with van der Waals surface area (Å²) in [5.41, 5.74) is 0. The van der Waals surface area contributed by atoms with Crippen LogP contribution in [-0.2, 0) is 0 Å². The third-order valence-electron chi connectivity index (χ3n) is 2.58. The Morgan fingerprint density at radius 2 is 1.92 bits per heavy atom. The Balaban J connectivity index is 2.01. The molecular weight excluding hydrogens is 160 g/mol. The molecule has 0 spiro atoms. The lowest BCUT2D eigenvalue weighted by atomic mass is 10.1. The summed E-state index contributed by atoms with van der Waals surface area (Å²) in [7, 11) is 0. The van der Waals surface area contributed by atoms with E-state index in [9.17, 15) is 0 Å². The smallest absolute Gasteiger partial charge is 0.108 e. The lowest BCUT2D eigenvalue weighted by Crippen LogP contribution is -2.35. The van der Waals surface area contributed by atoms with Crippen LogP contribution in [0.25, 0.3) is 0 Å². The van der Waals surface area contributed by atoms with E-state index in [1.54, 1.807) is 0 Å². The minimum absolute atomic E-state index is 0.993. The number of allylic oxidation sites excluding steroid dienone is 2. The predicted octanol–water partition coefficient (Wildman–Crippen LogP) is 2.34. The van der Waals surface area contributed by atoms with Gasteiger partial charge in [0.2, 0.25) is 0 Å². The summed E-state index contributed by atoms with van der Waals surface area (Å²) in [6.07, 6.45) is 13.2. The number of rotatable bonds is 0. The number of hydrogen-bond acceptors (Lipinski definition) is 2. The van der Waals surface area contributed by atoms with Crippen LogP contribution in [-0.4, -0.2) is 23.8 Å². The first-order chi connectivity index (χ1) is 6.47. The van der Waals surface area contributed by atoms with Crippen LogP contribution in [0.15, 0.2) is 29.4 Å². The maximum atomic E-state index is 4.45. The maximum Gasteiger partial charge on any atom is 0.108 e. The Bertz CT molecular complexity index is 245. The van der Waals surface area contributed by atoms with Crippen molar-refractivity contribution >= 4 is 5.84 Å². The molecule has 0 aromatic carbocycles. The maximum absolute atomic E-state index is 4.45. The molecule has 0 bridgehead atoms. The molecular formula is C11H16N2. The normalized spacial score (nSPS) is 22.8. The Hall–Kier alpha value is -1.05. The van der Waals surface area contributed by atoms with Gasteiger partial charge in [-0.05, 0) is 25.3 Å². The first-order valence-electron chi connectivity index (χ1n) is 5.10. The van der Waals surface area contributed by atoms with Gasteiger partial charge in [0.05, 0.1) is 0 Å². The highest BCUT2D eigenvalue weighted by Crippen LogP contribution is 2.12. The Morgan fingerprint density at radius 1 is 1.08 bits per heavy atom. The molecule has 0 unspecified atom stereocenters. The average Bonchev–Trinajstić information content (AvgIpc) is 2.47. The molecule has 2 aliphatic rings. The number of nitrogens with zero attached hydrogens (tertiary/aromatic N) is 2. The first-order valence-corrected chi connectivity index (χ1v) is 5.10. The Labute approximate surface area is 79.7 Å². The van der Waals surface area contributed by atoms with Crippen LogP contribution in [0, 0.1) is 0 Å². The third-order valence-corrected chi connectivity index (χ3v) is 2.58. The summed E-state index contributed by atoms with van der Waals surface area (Å²) in [4.78, 5) is 6.87. The summed E-state index contributed by atoms with van der Waals surface area (Å²) in [6, 6.07) is 0. The Kier molecular flexibility index (Phi) is 2.80. The molecule has 0 aliphatic carbocycles. The highest BCUT2D eigenvalue weighted by Gasteiger charge is 2.13. The van der Waals surface area contributed by atoms with Gasteiger partial charge in [0.25, 0.3) is 0 Å². The molecule has 1 fully saturated rings. The van der Waals surface area contributed by atoms with E-state index in [-0.39, 0.29) is 0 Å². The summed E-state index contributed by atoms with van der Waals surface area (Å²) >= 11 is 0. The number of likely N-dealkylation sites (tertiary alicyclic amines) is 1. The molecule has 2 aliphatic heterocycles. The standard InChI is InChI=1S/C11H16N2/c1-3-7-11(12-8-4-1)13-9-5-2-6-10-13/h1,3-4,8H,2,5-7,9-10H2. The molecule has 13 heavy (non-hydrogen) atoms. The van der Waals surface area contributed by atoms with E-state index in [0.29, 0.717) is 0 Å². The number of piperidine rings is 1. The van der Waals surface area contributed by atoms with Crippen molar-refractivity contribution in [2.45, 2.75) is 25.7 Å². The van der Waals surface area contributed by atoms with Gasteiger partial charge in [0.1, 0.15) is 5.84 Å². The summed E-state index contributed by atoms with van der Waals surface area (Å²) in [6.45, 7) is 2.39. The second-order valence-electron chi connectivity index (χ2n) is 3.57. The van der Waals surface area contributed by atoms with Gasteiger partial charge in [0.15, 0.2) is 0 Å². The van der Waals surface area contributed by atoms with Crippen molar-refractivity contribution < 1.29 is 0 Å². The van der Waals surface area contributed by atoms with Gasteiger partial charge in [-0.1, -0.05) is 12.2 Å². The topological polar surface area (TPSA) is 15.6 Å². The third kappa shape index (κ3) is 2.20. The molecule has 0 atom stereocenters. The minimum Gasteiger partial charge on any atom is -0.360 e. The van der Waals surface area contributed by atoms with Crippen molar-refractivity contribution in [3.05, 3.63) is 24.4 Å². The van der Waals surface area contributed by atoms with E-state index in [0.717, 1.165) is 6.42 Å². The van der Waals surface area contributed by atoms with Crippen molar-refractivity contribution in [3.8, 4) is 0 Å². The quantitative estimate of drug-likeness (QED) is 0.553. The van der Waals surface area contributed by atoms with Crippen LogP contribution in [0.3, 0.4) is 0 Å². The van der Waals surface area contributed by atoms with Crippen LogP contribution < -0.4 is 0 Å². The van der Waals surface area contributed by atoms with Crippen molar-refractivity contribution in [1.29, 1.82) is 0 Å². The predicted molar refractivity (Wildman–Crippen MR) is 55.8 cm³/mol. The van der Waals surface area contributed by atoms with Crippen LogP contribution in [0.1, 0.15) is 25.7 Å². The molecule has 1 saturated heterocycles. The second-order valence-corrected chi connectivity index (χ2v) is 3.57. The summed E-state index contributed by atoms with van der Waals surface area (Å²) in [5, 5.41) is 0. The highest BCUT2D eigenvalue weighted by atomic mass is 15.2. The zero-order chi connectivity index (χ0) is 8.93. The molecule has 2 heteroatoms. The first kappa shape index (κ1) is 8.54. The van der Waals surface area contributed by atoms with Crippen LogP contribution in [0.5, 0.6) is 0 Å². The summed E-state index contributed by atoms with van der Waals surface area (Å²) in [5.74, 6) is 1.24. The minimum atomic E-state index is 0.993. The van der Waals surface area contributed by atoms with E-state index < -0.39 is 0 Å². The SMILES string of the molecule is C1=CCC(N2CCCCC2)=NC=C1. The number of aliphatic imine (C=N–C) groups is 1. The molecule has 0 radical (unpaired) electrons. The van der Waals surface area contributed by atoms with Crippen molar-refractivity contribution in [2.75, 3.05) is 13.1 Å². The molecule has 70 valence electrons. The second kappa shape index (κ2) is 4.26. The molecule has 2 nitrogen and oxygen atoms in total. The summed E-state index contributed by atoms with van der Waals surface area (Å²) < 4.78 is 0. The molecule has 0 saturated carbocycles. The van der Waals surface area contributed by atoms with Gasteiger partial charge in [-0.25, -0.2) is 4.99 Å². The van der Waals surface area contributed by atoms with Crippen molar-refractivity contribution in [3.63, 3.8) is 0 Å². The lowest BCUT2D eigenvalue weighted by Gasteiger charge is -2.29. The fraction of sp³-hybridized carbons (Fsp3) is 0.545. The lowest BCUT2D eigenvalue weighted by molar-refractivity contribution is 0.338. The number of hydrogen-bond donors (Lipinski definition) is 0. The molecule has 0 aromatic rings. The van der Waals surface area contributed by atoms with Crippen LogP contribution >= 0.6 is 0 Å². The van der Waals surface area contributed by atoms with E-state index in [4.69, 9.17) is 0 Å². The van der Waals surface area contributed by atoms with E-state index in [2.05, 4.69) is 22.0 Å². The van der Waals surface area contributed by atoms with Gasteiger partial charge < -0.3 is 4.90 Å². The van der Waals surface area contributed by atoms with Crippen LogP contribution in [0.2, 0.25) is 0 Å². The van der Waals surface area contributed by atoms with Gasteiger partial charge >= 0.3 is 0 Å². The molecule has 2 heterocycles. The van der Waals surface area contributed by atoms with Gasteiger partial charge in [-0.3, -0.25) is 0 Å². The molecule has 0 N–H and O–H groups in total.